The normalized spacial score (nSPS) is 25.4. The molecule has 0 aliphatic heterocycles. The third-order valence-corrected chi connectivity index (χ3v) is 3.44. The van der Waals surface area contributed by atoms with Crippen LogP contribution in [0, 0.1) is 11.8 Å². The Morgan fingerprint density at radius 2 is 2.00 bits per heavy atom. The second kappa shape index (κ2) is 7.66. The lowest BCUT2D eigenvalue weighted by Crippen LogP contribution is -2.27. The molecule has 0 aromatic carbocycles. The van der Waals surface area contributed by atoms with Crippen molar-refractivity contribution in [3.63, 3.8) is 0 Å². The van der Waals surface area contributed by atoms with Gasteiger partial charge in [0.1, 0.15) is 0 Å². The van der Waals surface area contributed by atoms with Crippen molar-refractivity contribution < 1.29 is 9.53 Å². The topological polar surface area (TPSA) is 38.3 Å². The summed E-state index contributed by atoms with van der Waals surface area (Å²) in [6.07, 6.45) is 6.68. The number of hydrogen-bond donors (Lipinski definition) is 1. The minimum Gasteiger partial charge on any atom is -0.465 e. The van der Waals surface area contributed by atoms with Crippen LogP contribution < -0.4 is 5.32 Å². The van der Waals surface area contributed by atoms with Crippen molar-refractivity contribution in [1.29, 1.82) is 0 Å². The first-order valence-electron chi connectivity index (χ1n) is 6.58. The molecule has 3 heteroatoms. The molecule has 16 heavy (non-hydrogen) atoms. The van der Waals surface area contributed by atoms with Gasteiger partial charge in [-0.05, 0) is 31.7 Å². The minimum absolute atomic E-state index is 0.139. The van der Waals surface area contributed by atoms with Crippen LogP contribution in [0.5, 0.6) is 0 Å². The fourth-order valence-corrected chi connectivity index (χ4v) is 2.33. The molecule has 0 radical (unpaired) electrons. The van der Waals surface area contributed by atoms with Crippen molar-refractivity contribution in [2.75, 3.05) is 19.7 Å². The van der Waals surface area contributed by atoms with Gasteiger partial charge in [0.05, 0.1) is 13.2 Å². The van der Waals surface area contributed by atoms with Gasteiger partial charge in [-0.1, -0.05) is 32.6 Å². The lowest BCUT2D eigenvalue weighted by Gasteiger charge is -2.26. The molecule has 0 amide bonds. The molecule has 0 atom stereocenters. The van der Waals surface area contributed by atoms with Crippen LogP contribution in [0.3, 0.4) is 0 Å². The molecular formula is C13H25NO2. The van der Waals surface area contributed by atoms with E-state index in [-0.39, 0.29) is 5.97 Å². The van der Waals surface area contributed by atoms with E-state index in [4.69, 9.17) is 4.74 Å². The summed E-state index contributed by atoms with van der Waals surface area (Å²) in [4.78, 5) is 11.1. The van der Waals surface area contributed by atoms with Crippen LogP contribution in [-0.2, 0) is 9.53 Å². The Bertz CT molecular complexity index is 198. The lowest BCUT2D eigenvalue weighted by molar-refractivity contribution is -0.142. The molecular weight excluding hydrogens is 202 g/mol. The zero-order valence-corrected chi connectivity index (χ0v) is 10.6. The quantitative estimate of drug-likeness (QED) is 0.559. The van der Waals surface area contributed by atoms with Crippen molar-refractivity contribution in [2.45, 2.75) is 46.0 Å². The summed E-state index contributed by atoms with van der Waals surface area (Å²) >= 11 is 0. The molecule has 1 N–H and O–H groups in total. The lowest BCUT2D eigenvalue weighted by atomic mass is 9.81. The first kappa shape index (κ1) is 13.5. The Balaban J connectivity index is 1.97. The standard InChI is InChI=1S/C13H25NO2/c1-3-16-13(15)10-14-9-8-12-6-4-11(2)5-7-12/h11-12,14H,3-10H2,1-2H3. The number of hydrogen-bond acceptors (Lipinski definition) is 3. The molecule has 94 valence electrons. The average molecular weight is 227 g/mol. The predicted molar refractivity (Wildman–Crippen MR) is 65.2 cm³/mol. The fraction of sp³-hybridized carbons (Fsp3) is 0.923. The Morgan fingerprint density at radius 3 is 2.62 bits per heavy atom. The van der Waals surface area contributed by atoms with Gasteiger partial charge in [-0.2, -0.15) is 0 Å². The van der Waals surface area contributed by atoms with Gasteiger partial charge in [-0.15, -0.1) is 0 Å². The zero-order chi connectivity index (χ0) is 11.8. The van der Waals surface area contributed by atoms with E-state index in [0.29, 0.717) is 13.2 Å². The molecule has 1 aliphatic carbocycles. The molecule has 1 rings (SSSR count). The van der Waals surface area contributed by atoms with E-state index in [1.807, 2.05) is 6.92 Å². The maximum Gasteiger partial charge on any atom is 0.319 e. The smallest absolute Gasteiger partial charge is 0.319 e. The van der Waals surface area contributed by atoms with Crippen molar-refractivity contribution in [2.24, 2.45) is 11.8 Å². The van der Waals surface area contributed by atoms with Crippen LogP contribution in [0.25, 0.3) is 0 Å². The zero-order valence-electron chi connectivity index (χ0n) is 10.6. The van der Waals surface area contributed by atoms with Gasteiger partial charge in [-0.25, -0.2) is 0 Å². The van der Waals surface area contributed by atoms with Crippen LogP contribution in [-0.4, -0.2) is 25.7 Å². The maximum absolute atomic E-state index is 11.1. The third kappa shape index (κ3) is 5.50. The Kier molecular flexibility index (Phi) is 6.46. The molecule has 0 aromatic rings. The number of carbonyl (C=O) groups is 1. The summed E-state index contributed by atoms with van der Waals surface area (Å²) in [5, 5.41) is 3.15. The minimum atomic E-state index is -0.139. The second-order valence-corrected chi connectivity index (χ2v) is 4.90. The van der Waals surface area contributed by atoms with Crippen molar-refractivity contribution in [1.82, 2.24) is 5.32 Å². The van der Waals surface area contributed by atoms with E-state index in [2.05, 4.69) is 12.2 Å². The van der Waals surface area contributed by atoms with E-state index in [1.54, 1.807) is 0 Å². The van der Waals surface area contributed by atoms with Crippen LogP contribution in [0.1, 0.15) is 46.0 Å². The molecule has 0 bridgehead atoms. The summed E-state index contributed by atoms with van der Waals surface area (Å²) in [7, 11) is 0. The van der Waals surface area contributed by atoms with E-state index < -0.39 is 0 Å². The number of nitrogens with one attached hydrogen (secondary N) is 1. The van der Waals surface area contributed by atoms with Crippen molar-refractivity contribution in [3.05, 3.63) is 0 Å². The third-order valence-electron chi connectivity index (χ3n) is 3.44. The van der Waals surface area contributed by atoms with Gasteiger partial charge in [0.2, 0.25) is 0 Å². The summed E-state index contributed by atoms with van der Waals surface area (Å²) < 4.78 is 4.85. The number of rotatable bonds is 6. The van der Waals surface area contributed by atoms with Crippen molar-refractivity contribution in [3.8, 4) is 0 Å². The monoisotopic (exact) mass is 227 g/mol. The van der Waals surface area contributed by atoms with E-state index >= 15 is 0 Å². The molecule has 0 heterocycles. The molecule has 0 aromatic heterocycles. The van der Waals surface area contributed by atoms with Gasteiger partial charge in [-0.3, -0.25) is 4.79 Å². The molecule has 3 nitrogen and oxygen atoms in total. The number of esters is 1. The van der Waals surface area contributed by atoms with Crippen LogP contribution in [0.15, 0.2) is 0 Å². The highest BCUT2D eigenvalue weighted by molar-refractivity contribution is 5.71. The van der Waals surface area contributed by atoms with Gasteiger partial charge < -0.3 is 10.1 Å². The predicted octanol–water partition coefficient (Wildman–Crippen LogP) is 2.36. The van der Waals surface area contributed by atoms with Crippen LogP contribution in [0.4, 0.5) is 0 Å². The maximum atomic E-state index is 11.1. The molecule has 1 saturated carbocycles. The van der Waals surface area contributed by atoms with Crippen LogP contribution in [0.2, 0.25) is 0 Å². The summed E-state index contributed by atoms with van der Waals surface area (Å²) in [5.41, 5.74) is 0. The first-order valence-corrected chi connectivity index (χ1v) is 6.58. The average Bonchev–Trinajstić information content (AvgIpc) is 2.27. The summed E-state index contributed by atoms with van der Waals surface area (Å²) in [6.45, 7) is 5.95. The van der Waals surface area contributed by atoms with Crippen molar-refractivity contribution >= 4 is 5.97 Å². The summed E-state index contributed by atoms with van der Waals surface area (Å²) in [5.74, 6) is 1.65. The molecule has 1 fully saturated rings. The Hall–Kier alpha value is -0.570. The van der Waals surface area contributed by atoms with Gasteiger partial charge >= 0.3 is 5.97 Å². The first-order chi connectivity index (χ1) is 7.72. The van der Waals surface area contributed by atoms with E-state index in [9.17, 15) is 4.79 Å². The SMILES string of the molecule is CCOC(=O)CNCCC1CCC(C)CC1. The highest BCUT2D eigenvalue weighted by Gasteiger charge is 2.17. The number of carbonyl (C=O) groups excluding carboxylic acids is 1. The number of ether oxygens (including phenoxy) is 1. The van der Waals surface area contributed by atoms with Gasteiger partial charge in [0.25, 0.3) is 0 Å². The molecule has 0 saturated heterocycles. The molecule has 0 spiro atoms. The largest absolute Gasteiger partial charge is 0.465 e. The second-order valence-electron chi connectivity index (χ2n) is 4.90. The van der Waals surface area contributed by atoms with Crippen LogP contribution >= 0.6 is 0 Å². The Labute approximate surface area is 98.9 Å². The highest BCUT2D eigenvalue weighted by atomic mass is 16.5. The fourth-order valence-electron chi connectivity index (χ4n) is 2.33. The molecule has 0 unspecified atom stereocenters. The van der Waals surface area contributed by atoms with Gasteiger partial charge in [0.15, 0.2) is 0 Å². The summed E-state index contributed by atoms with van der Waals surface area (Å²) in [6, 6.07) is 0. The molecule has 1 aliphatic rings. The highest BCUT2D eigenvalue weighted by Crippen LogP contribution is 2.29. The van der Waals surface area contributed by atoms with E-state index in [1.165, 1.54) is 32.1 Å². The van der Waals surface area contributed by atoms with Gasteiger partial charge in [0, 0.05) is 0 Å². The van der Waals surface area contributed by atoms with E-state index in [0.717, 1.165) is 18.4 Å². The Morgan fingerprint density at radius 1 is 1.31 bits per heavy atom.